The van der Waals surface area contributed by atoms with Crippen LogP contribution in [-0.2, 0) is 4.79 Å². The van der Waals surface area contributed by atoms with E-state index in [1.807, 2.05) is 12.1 Å². The van der Waals surface area contributed by atoms with Gasteiger partial charge in [0, 0.05) is 12.4 Å². The molecule has 1 N–H and O–H groups in total. The second-order valence-corrected chi connectivity index (χ2v) is 1.30. The molecule has 0 aliphatic rings. The molecular weight excluding hydrogens is 104 g/mol. The van der Waals surface area contributed by atoms with Crippen molar-refractivity contribution in [2.24, 2.45) is 0 Å². The van der Waals surface area contributed by atoms with Gasteiger partial charge in [0.25, 0.3) is 0 Å². The fourth-order valence-corrected chi connectivity index (χ4v) is 0.462. The summed E-state index contributed by atoms with van der Waals surface area (Å²) in [6.07, 6.45) is 4.96. The van der Waals surface area contributed by atoms with E-state index in [1.54, 1.807) is 12.4 Å². The van der Waals surface area contributed by atoms with Crippen molar-refractivity contribution in [1.29, 1.82) is 0 Å². The van der Waals surface area contributed by atoms with Crippen LogP contribution in [0.15, 0.2) is 24.5 Å². The lowest BCUT2D eigenvalue weighted by atomic mass is 10.7. The van der Waals surface area contributed by atoms with Crippen LogP contribution in [0.25, 0.3) is 0 Å². The van der Waals surface area contributed by atoms with Gasteiger partial charge in [-0.25, -0.2) is 0 Å². The second kappa shape index (κ2) is 2.16. The quantitative estimate of drug-likeness (QED) is 0.537. The molecule has 41 valence electrons. The molecule has 1 amide bonds. The average molecular weight is 109 g/mol. The highest BCUT2D eigenvalue weighted by Gasteiger charge is 1.79. The lowest BCUT2D eigenvalue weighted by molar-refractivity contribution is 0.556. The van der Waals surface area contributed by atoms with Crippen molar-refractivity contribution in [2.75, 3.05) is 5.43 Å². The Balaban J connectivity index is 2.62. The molecule has 0 spiro atoms. The van der Waals surface area contributed by atoms with Gasteiger partial charge in [0.15, 0.2) is 0 Å². The molecule has 1 heterocycles. The number of hydrogen-bond acceptors (Lipinski definition) is 1. The maximum absolute atomic E-state index is 9.62. The van der Waals surface area contributed by atoms with Crippen molar-refractivity contribution < 1.29 is 4.79 Å². The van der Waals surface area contributed by atoms with Gasteiger partial charge in [0.2, 0.25) is 0 Å². The van der Waals surface area contributed by atoms with Crippen LogP contribution in [-0.4, -0.2) is 11.1 Å². The molecule has 0 saturated heterocycles. The van der Waals surface area contributed by atoms with Crippen LogP contribution in [0.1, 0.15) is 0 Å². The summed E-state index contributed by atoms with van der Waals surface area (Å²) in [5.41, 5.74) is 2.30. The number of hydrogen-bond donors (Lipinski definition) is 1. The van der Waals surface area contributed by atoms with Gasteiger partial charge in [-0.1, -0.05) is 0 Å². The molecule has 0 aromatic carbocycles. The Morgan fingerprint density at radius 3 is 2.50 bits per heavy atom. The van der Waals surface area contributed by atoms with Crippen molar-refractivity contribution in [3.05, 3.63) is 24.5 Å². The second-order valence-electron chi connectivity index (χ2n) is 1.30. The first kappa shape index (κ1) is 4.90. The summed E-state index contributed by atoms with van der Waals surface area (Å²) in [5.74, 6) is 0. The summed E-state index contributed by atoms with van der Waals surface area (Å²) in [7, 11) is 0. The Hall–Kier alpha value is -1.25. The van der Waals surface area contributed by atoms with E-state index in [2.05, 4.69) is 5.43 Å². The average Bonchev–Trinajstić information content (AvgIpc) is 2.19. The number of carbonyl (C=O) groups excluding carboxylic acids is 1. The van der Waals surface area contributed by atoms with Crippen molar-refractivity contribution in [2.45, 2.75) is 0 Å². The molecule has 0 saturated carbocycles. The molecule has 0 aliphatic heterocycles. The van der Waals surface area contributed by atoms with E-state index in [9.17, 15) is 4.79 Å². The highest BCUT2D eigenvalue weighted by atomic mass is 16.1. The third kappa shape index (κ3) is 0.872. The molecular formula is C5H5N2O. The predicted molar refractivity (Wildman–Crippen MR) is 29.5 cm³/mol. The zero-order valence-electron chi connectivity index (χ0n) is 4.16. The maximum atomic E-state index is 9.62. The molecule has 3 heteroatoms. The zero-order chi connectivity index (χ0) is 5.82. The van der Waals surface area contributed by atoms with Crippen LogP contribution in [0.4, 0.5) is 0 Å². The van der Waals surface area contributed by atoms with Gasteiger partial charge in [-0.2, -0.15) is 0 Å². The van der Waals surface area contributed by atoms with E-state index in [1.165, 1.54) is 11.1 Å². The Labute approximate surface area is 46.9 Å². The molecule has 1 aromatic rings. The summed E-state index contributed by atoms with van der Waals surface area (Å²) in [5, 5.41) is 0. The summed E-state index contributed by atoms with van der Waals surface area (Å²) in [4.78, 5) is 9.62. The van der Waals surface area contributed by atoms with Crippen molar-refractivity contribution in [3.63, 3.8) is 0 Å². The number of aromatic nitrogens is 1. The van der Waals surface area contributed by atoms with Crippen LogP contribution < -0.4 is 5.43 Å². The van der Waals surface area contributed by atoms with E-state index in [0.29, 0.717) is 0 Å². The molecule has 1 aromatic heterocycles. The number of rotatable bonds is 2. The monoisotopic (exact) mass is 109 g/mol. The predicted octanol–water partition coefficient (Wildman–Crippen LogP) is 0.0988. The van der Waals surface area contributed by atoms with Crippen LogP contribution >= 0.6 is 0 Å². The van der Waals surface area contributed by atoms with E-state index in [-0.39, 0.29) is 0 Å². The SMILES string of the molecule is O=[C]Nn1cccc1. The molecule has 1 radical (unpaired) electrons. The highest BCUT2D eigenvalue weighted by Crippen LogP contribution is 1.81. The summed E-state index contributed by atoms with van der Waals surface area (Å²) < 4.78 is 1.51. The minimum atomic E-state index is 1.51. The first-order chi connectivity index (χ1) is 3.93. The Morgan fingerprint density at radius 2 is 2.00 bits per heavy atom. The third-order valence-electron chi connectivity index (χ3n) is 0.779. The zero-order valence-corrected chi connectivity index (χ0v) is 4.16. The fourth-order valence-electron chi connectivity index (χ4n) is 0.462. The molecule has 0 unspecified atom stereocenters. The molecule has 0 bridgehead atoms. The van der Waals surface area contributed by atoms with Gasteiger partial charge in [-0.05, 0) is 12.1 Å². The van der Waals surface area contributed by atoms with Gasteiger partial charge in [-0.3, -0.25) is 14.9 Å². The smallest absolute Gasteiger partial charge is 0.268 e. The number of amides is 1. The minimum absolute atomic E-state index is 1.51. The molecule has 3 nitrogen and oxygen atoms in total. The van der Waals surface area contributed by atoms with E-state index >= 15 is 0 Å². The van der Waals surface area contributed by atoms with Crippen molar-refractivity contribution in [1.82, 2.24) is 4.68 Å². The topological polar surface area (TPSA) is 34.0 Å². The third-order valence-corrected chi connectivity index (χ3v) is 0.779. The Bertz CT molecular complexity index is 157. The van der Waals surface area contributed by atoms with Crippen LogP contribution in [0.5, 0.6) is 0 Å². The lowest BCUT2D eigenvalue weighted by Crippen LogP contribution is -2.08. The van der Waals surface area contributed by atoms with Gasteiger partial charge < -0.3 is 0 Å². The number of nitrogens with zero attached hydrogens (tertiary/aromatic N) is 1. The summed E-state index contributed by atoms with van der Waals surface area (Å²) in [6, 6.07) is 3.62. The molecule has 0 atom stereocenters. The molecule has 0 fully saturated rings. The van der Waals surface area contributed by atoms with Gasteiger partial charge >= 0.3 is 6.41 Å². The van der Waals surface area contributed by atoms with Crippen molar-refractivity contribution in [3.8, 4) is 0 Å². The van der Waals surface area contributed by atoms with Gasteiger partial charge in [0.1, 0.15) is 0 Å². The molecule has 1 rings (SSSR count). The standard InChI is InChI=1S/C5H5N2O/c8-5-6-7-3-1-2-4-7/h1-4H,(H,6,8). The van der Waals surface area contributed by atoms with E-state index < -0.39 is 0 Å². The largest absolute Gasteiger partial charge is 0.329 e. The molecule has 0 aliphatic carbocycles. The normalized spacial score (nSPS) is 8.50. The van der Waals surface area contributed by atoms with Crippen molar-refractivity contribution >= 4 is 6.41 Å². The maximum Gasteiger partial charge on any atom is 0.329 e. The van der Waals surface area contributed by atoms with Crippen LogP contribution in [0.2, 0.25) is 0 Å². The summed E-state index contributed by atoms with van der Waals surface area (Å²) >= 11 is 0. The van der Waals surface area contributed by atoms with Gasteiger partial charge in [0.05, 0.1) is 0 Å². The van der Waals surface area contributed by atoms with Gasteiger partial charge in [-0.15, -0.1) is 0 Å². The lowest BCUT2D eigenvalue weighted by Gasteiger charge is -1.92. The van der Waals surface area contributed by atoms with E-state index in [4.69, 9.17) is 0 Å². The highest BCUT2D eigenvalue weighted by molar-refractivity contribution is 5.57. The first-order valence-corrected chi connectivity index (χ1v) is 2.19. The summed E-state index contributed by atoms with van der Waals surface area (Å²) in [6.45, 7) is 0. The Kier molecular flexibility index (Phi) is 1.32. The van der Waals surface area contributed by atoms with Crippen LogP contribution in [0.3, 0.4) is 0 Å². The fraction of sp³-hybridized carbons (Fsp3) is 0. The van der Waals surface area contributed by atoms with E-state index in [0.717, 1.165) is 0 Å². The Morgan fingerprint density at radius 1 is 1.38 bits per heavy atom. The minimum Gasteiger partial charge on any atom is -0.268 e. The number of nitrogens with one attached hydrogen (secondary N) is 1. The molecule has 8 heavy (non-hydrogen) atoms. The van der Waals surface area contributed by atoms with Crippen LogP contribution in [0, 0.1) is 0 Å². The first-order valence-electron chi connectivity index (χ1n) is 2.19.